The smallest absolute Gasteiger partial charge is 1.00 e. The Morgan fingerprint density at radius 2 is 1.14 bits per heavy atom. The van der Waals surface area contributed by atoms with Crippen molar-refractivity contribution in [3.63, 3.8) is 0 Å². The van der Waals surface area contributed by atoms with Crippen molar-refractivity contribution in [1.29, 1.82) is 0 Å². The second kappa shape index (κ2) is 15.2. The molecule has 0 N–H and O–H groups in total. The van der Waals surface area contributed by atoms with Crippen LogP contribution in [0.2, 0.25) is 0 Å². The van der Waals surface area contributed by atoms with Gasteiger partial charge in [-0.3, -0.25) is 12.2 Å². The molecule has 2 rings (SSSR count). The van der Waals surface area contributed by atoms with Crippen molar-refractivity contribution < 1.29 is 51.0 Å². The fourth-order valence-corrected chi connectivity index (χ4v) is 1.80. The molecule has 0 radical (unpaired) electrons. The first-order chi connectivity index (χ1) is 8.58. The van der Waals surface area contributed by atoms with Gasteiger partial charge in [-0.15, -0.1) is 12.8 Å². The van der Waals surface area contributed by atoms with E-state index in [1.807, 2.05) is 0 Å². The third-order valence-corrected chi connectivity index (χ3v) is 2.51. The van der Waals surface area contributed by atoms with E-state index in [-0.39, 0.29) is 51.0 Å². The van der Waals surface area contributed by atoms with Gasteiger partial charge in [0.2, 0.25) is 0 Å². The summed E-state index contributed by atoms with van der Waals surface area (Å²) >= 11 is 0. The number of allylic oxidation sites excluding steroid dienone is 4. The number of rotatable bonds is 4. The van der Waals surface area contributed by atoms with Crippen molar-refractivity contribution in [3.05, 3.63) is 47.6 Å². The summed E-state index contributed by atoms with van der Waals surface area (Å²) in [5, 5.41) is 0. The largest absolute Gasteiger partial charge is 4.00 e. The van der Waals surface area contributed by atoms with Gasteiger partial charge >= 0.3 is 26.2 Å². The van der Waals surface area contributed by atoms with Crippen LogP contribution in [0.15, 0.2) is 35.5 Å². The van der Waals surface area contributed by atoms with Gasteiger partial charge in [0.15, 0.2) is 0 Å². The predicted octanol–water partition coefficient (Wildman–Crippen LogP) is -3.52. The van der Waals surface area contributed by atoms with Crippen LogP contribution in [0.4, 0.5) is 0 Å². The van der Waals surface area contributed by atoms with Crippen molar-refractivity contribution in [2.24, 2.45) is 0 Å². The van der Waals surface area contributed by atoms with Gasteiger partial charge in [0.05, 0.1) is 0 Å². The average molecular weight is 407 g/mol. The minimum Gasteiger partial charge on any atom is -1.00 e. The SMILES string of the molecule is CN(C)CC1=[C-]CC=C1.CN(C)CC1=[C-]CC=C1.[Cl-].[Cl-].[Zr+4]. The van der Waals surface area contributed by atoms with Gasteiger partial charge < -0.3 is 34.6 Å². The van der Waals surface area contributed by atoms with Crippen LogP contribution < -0.4 is 24.8 Å². The van der Waals surface area contributed by atoms with E-state index in [1.54, 1.807) is 0 Å². The topological polar surface area (TPSA) is 6.48 Å². The van der Waals surface area contributed by atoms with Crippen molar-refractivity contribution in [2.75, 3.05) is 41.3 Å². The Bertz CT molecular complexity index is 336. The standard InChI is InChI=1S/2C8H12N.2ClH.Zr/c2*1-9(2)7-8-5-3-4-6-8;;;/h2*3,5H,4,7H2,1-2H3;2*1H;/q2*-1;;;+4/p-2. The number of likely N-dealkylation sites (N-methyl/N-ethyl adjacent to an activating group) is 2. The first-order valence-corrected chi connectivity index (χ1v) is 6.40. The molecule has 0 aromatic rings. The average Bonchev–Trinajstić information content (AvgIpc) is 2.90. The summed E-state index contributed by atoms with van der Waals surface area (Å²) in [7, 11) is 8.28. The minimum absolute atomic E-state index is 0. The van der Waals surface area contributed by atoms with Crippen molar-refractivity contribution >= 4 is 0 Å². The Balaban J connectivity index is -0.000000270. The normalized spacial score (nSPS) is 14.6. The molecule has 2 nitrogen and oxygen atoms in total. The van der Waals surface area contributed by atoms with E-state index >= 15 is 0 Å². The van der Waals surface area contributed by atoms with Crippen LogP contribution in [-0.2, 0) is 26.2 Å². The molecule has 0 amide bonds. The molecule has 0 saturated heterocycles. The maximum absolute atomic E-state index is 3.25. The van der Waals surface area contributed by atoms with Gasteiger partial charge in [-0.25, -0.2) is 23.3 Å². The van der Waals surface area contributed by atoms with E-state index < -0.39 is 0 Å². The molecule has 0 fully saturated rings. The molecule has 21 heavy (non-hydrogen) atoms. The second-order valence-electron chi connectivity index (χ2n) is 5.09. The predicted molar refractivity (Wildman–Crippen MR) is 78.1 cm³/mol. The van der Waals surface area contributed by atoms with Crippen molar-refractivity contribution in [2.45, 2.75) is 12.8 Å². The Morgan fingerprint density at radius 3 is 1.33 bits per heavy atom. The van der Waals surface area contributed by atoms with E-state index in [1.165, 1.54) is 11.1 Å². The third kappa shape index (κ3) is 13.7. The summed E-state index contributed by atoms with van der Waals surface area (Å²) in [6, 6.07) is 0. The Hall–Kier alpha value is 0.343. The quantitative estimate of drug-likeness (QED) is 0.447. The van der Waals surface area contributed by atoms with Crippen LogP contribution in [0.3, 0.4) is 0 Å². The first-order valence-electron chi connectivity index (χ1n) is 6.40. The van der Waals surface area contributed by atoms with Crippen molar-refractivity contribution in [3.8, 4) is 0 Å². The molecule has 0 aliphatic heterocycles. The maximum Gasteiger partial charge on any atom is 4.00 e. The molecule has 0 saturated carbocycles. The second-order valence-corrected chi connectivity index (χ2v) is 5.09. The number of halogens is 2. The summed E-state index contributed by atoms with van der Waals surface area (Å²) in [4.78, 5) is 4.30. The molecule has 0 aromatic carbocycles. The molecular weight excluding hydrogens is 382 g/mol. The summed E-state index contributed by atoms with van der Waals surface area (Å²) in [5.74, 6) is 0. The first kappa shape index (κ1) is 26.3. The summed E-state index contributed by atoms with van der Waals surface area (Å²) in [6.07, 6.45) is 17.1. The van der Waals surface area contributed by atoms with Gasteiger partial charge in [-0.05, 0) is 41.3 Å². The van der Waals surface area contributed by atoms with Gasteiger partial charge in [0.25, 0.3) is 0 Å². The zero-order valence-corrected chi connectivity index (χ0v) is 17.3. The van der Waals surface area contributed by atoms with E-state index in [2.05, 4.69) is 74.4 Å². The third-order valence-electron chi connectivity index (χ3n) is 2.51. The summed E-state index contributed by atoms with van der Waals surface area (Å²) < 4.78 is 0. The molecular formula is C16H24Cl2N2Zr. The molecule has 2 aliphatic rings. The van der Waals surface area contributed by atoms with E-state index in [0.29, 0.717) is 0 Å². The molecule has 2 aliphatic carbocycles. The van der Waals surface area contributed by atoms with Gasteiger partial charge in [-0.2, -0.15) is 12.2 Å². The number of hydrogen-bond acceptors (Lipinski definition) is 2. The molecule has 0 aromatic heterocycles. The zero-order valence-electron chi connectivity index (χ0n) is 13.3. The molecule has 0 spiro atoms. The Kier molecular flexibility index (Phi) is 19.1. The van der Waals surface area contributed by atoms with E-state index in [9.17, 15) is 0 Å². The zero-order chi connectivity index (χ0) is 13.4. The van der Waals surface area contributed by atoms with Gasteiger partial charge in [0.1, 0.15) is 0 Å². The Morgan fingerprint density at radius 1 is 0.810 bits per heavy atom. The number of hydrogen-bond donors (Lipinski definition) is 0. The van der Waals surface area contributed by atoms with Gasteiger partial charge in [-0.1, -0.05) is 0 Å². The molecule has 0 unspecified atom stereocenters. The maximum atomic E-state index is 3.25. The fraction of sp³-hybridized carbons (Fsp3) is 0.500. The summed E-state index contributed by atoms with van der Waals surface area (Å²) in [6.45, 7) is 2.05. The molecule has 0 heterocycles. The number of nitrogens with zero attached hydrogens (tertiary/aromatic N) is 2. The van der Waals surface area contributed by atoms with Crippen LogP contribution in [0.25, 0.3) is 0 Å². The molecule has 5 heteroatoms. The van der Waals surface area contributed by atoms with Crippen LogP contribution in [0.5, 0.6) is 0 Å². The van der Waals surface area contributed by atoms with Gasteiger partial charge in [0, 0.05) is 0 Å². The van der Waals surface area contributed by atoms with E-state index in [0.717, 1.165) is 25.9 Å². The monoisotopic (exact) mass is 404 g/mol. The van der Waals surface area contributed by atoms with E-state index in [4.69, 9.17) is 0 Å². The van der Waals surface area contributed by atoms with Crippen molar-refractivity contribution in [1.82, 2.24) is 9.80 Å². The van der Waals surface area contributed by atoms with Crippen LogP contribution in [0, 0.1) is 12.2 Å². The Labute approximate surface area is 162 Å². The molecule has 116 valence electrons. The molecule has 0 bridgehead atoms. The van der Waals surface area contributed by atoms with Crippen LogP contribution in [0.1, 0.15) is 12.8 Å². The van der Waals surface area contributed by atoms with Crippen LogP contribution >= 0.6 is 0 Å². The van der Waals surface area contributed by atoms with Crippen LogP contribution in [-0.4, -0.2) is 51.1 Å². The summed E-state index contributed by atoms with van der Waals surface area (Å²) in [5.41, 5.74) is 2.64. The fourth-order valence-electron chi connectivity index (χ4n) is 1.80. The minimum atomic E-state index is 0. The molecule has 0 atom stereocenters.